The number of hydrogen-bond donors (Lipinski definition) is 0. The highest BCUT2D eigenvalue weighted by molar-refractivity contribution is 6.11. The first-order chi connectivity index (χ1) is 29.0. The molecule has 0 aliphatic heterocycles. The molecule has 7 aromatic carbocycles. The van der Waals surface area contributed by atoms with E-state index in [0.717, 1.165) is 35.4 Å². The molecule has 0 atom stereocenters. The lowest BCUT2D eigenvalue weighted by Gasteiger charge is -2.19. The minimum atomic E-state index is -4.61. The summed E-state index contributed by atoms with van der Waals surface area (Å²) in [6.07, 6.45) is -9.21. The van der Waals surface area contributed by atoms with Crippen LogP contribution in [-0.2, 0) is 12.4 Å². The molecule has 3 aromatic heterocycles. The molecule has 0 fully saturated rings. The van der Waals surface area contributed by atoms with Crippen molar-refractivity contribution in [1.82, 2.24) is 19.1 Å². The number of benzene rings is 7. The molecule has 3 heterocycles. The fourth-order valence-electron chi connectivity index (χ4n) is 8.11. The number of hydrogen-bond acceptors (Lipinski definition) is 3. The van der Waals surface area contributed by atoms with Gasteiger partial charge < -0.3 is 9.13 Å². The van der Waals surface area contributed by atoms with Crippen LogP contribution in [0.2, 0.25) is 0 Å². The summed E-state index contributed by atoms with van der Waals surface area (Å²) in [7, 11) is 0. The van der Waals surface area contributed by atoms with Gasteiger partial charge in [-0.25, -0.2) is 9.97 Å². The summed E-state index contributed by atoms with van der Waals surface area (Å²) in [5, 5.41) is 13.0. The molecule has 0 amide bonds. The summed E-state index contributed by atoms with van der Waals surface area (Å²) in [6, 6.07) is 47.9. The first kappa shape index (κ1) is 36.6. The molecule has 0 N–H and O–H groups in total. The van der Waals surface area contributed by atoms with Crippen LogP contribution in [0.3, 0.4) is 0 Å². The van der Waals surface area contributed by atoms with Crippen molar-refractivity contribution >= 4 is 43.6 Å². The van der Waals surface area contributed by atoms with E-state index in [0.29, 0.717) is 77.8 Å². The Bertz CT molecular complexity index is 3150. The second-order valence-corrected chi connectivity index (χ2v) is 14.4. The van der Waals surface area contributed by atoms with Crippen LogP contribution in [0, 0.1) is 11.3 Å². The quantitative estimate of drug-likeness (QED) is 0.163. The fraction of sp³-hybridized carbons (Fsp3) is 0.0408. The van der Waals surface area contributed by atoms with Crippen molar-refractivity contribution in [2.75, 3.05) is 0 Å². The topological polar surface area (TPSA) is 59.4 Å². The molecule has 5 nitrogen and oxygen atoms in total. The van der Waals surface area contributed by atoms with E-state index in [9.17, 15) is 31.6 Å². The number of rotatable bonds is 5. The third-order valence-electron chi connectivity index (χ3n) is 10.8. The lowest BCUT2D eigenvalue weighted by atomic mass is 10.0. The molecular formula is C49H27F6N5. The third kappa shape index (κ3) is 6.03. The van der Waals surface area contributed by atoms with Crippen LogP contribution in [-0.4, -0.2) is 19.1 Å². The number of nitriles is 1. The van der Waals surface area contributed by atoms with Crippen LogP contribution in [0.1, 0.15) is 16.7 Å². The monoisotopic (exact) mass is 799 g/mol. The molecule has 0 aliphatic carbocycles. The molecular weight excluding hydrogens is 773 g/mol. The molecule has 290 valence electrons. The average molecular weight is 800 g/mol. The van der Waals surface area contributed by atoms with Gasteiger partial charge in [0.15, 0.2) is 5.82 Å². The summed E-state index contributed by atoms with van der Waals surface area (Å²) >= 11 is 0. The molecule has 0 spiro atoms. The Balaban J connectivity index is 1.35. The van der Waals surface area contributed by atoms with Gasteiger partial charge in [0, 0.05) is 38.2 Å². The van der Waals surface area contributed by atoms with Gasteiger partial charge in [-0.2, -0.15) is 31.6 Å². The maximum absolute atomic E-state index is 14.1. The standard InChI is InChI=1S/C49H27F6N5/c50-48(51,52)32-19-21-43-36(25-32)34-15-7-9-17-41(34)59(43)45-23-31(40-27-39(29-11-3-1-4-12-29)57-47(58-40)30-13-5-2-6-14-30)24-46(38(45)28-56)60-42-18-10-8-16-35(42)37-26-33(49(53,54)55)20-22-44(37)60/h1-27H. The Morgan fingerprint density at radius 1 is 0.417 bits per heavy atom. The fourth-order valence-corrected chi connectivity index (χ4v) is 8.11. The Morgan fingerprint density at radius 2 is 0.833 bits per heavy atom. The number of fused-ring (bicyclic) bond motifs is 6. The Morgan fingerprint density at radius 3 is 1.30 bits per heavy atom. The number of halogens is 6. The summed E-state index contributed by atoms with van der Waals surface area (Å²) in [5.41, 5.74) is 4.22. The first-order valence-electron chi connectivity index (χ1n) is 18.8. The number of para-hydroxylation sites is 2. The first-order valence-corrected chi connectivity index (χ1v) is 18.8. The second-order valence-electron chi connectivity index (χ2n) is 14.4. The van der Waals surface area contributed by atoms with Crippen molar-refractivity contribution in [3.63, 3.8) is 0 Å². The molecule has 0 aliphatic rings. The number of nitrogens with zero attached hydrogens (tertiary/aromatic N) is 5. The summed E-state index contributed by atoms with van der Waals surface area (Å²) in [4.78, 5) is 10.0. The van der Waals surface area contributed by atoms with E-state index in [-0.39, 0.29) is 5.56 Å². The van der Waals surface area contributed by atoms with Gasteiger partial charge in [-0.3, -0.25) is 0 Å². The molecule has 11 heteroatoms. The predicted molar refractivity (Wildman–Crippen MR) is 222 cm³/mol. The second kappa shape index (κ2) is 13.7. The summed E-state index contributed by atoms with van der Waals surface area (Å²) in [5.74, 6) is 0.424. The number of aromatic nitrogens is 4. The van der Waals surface area contributed by atoms with Gasteiger partial charge in [-0.15, -0.1) is 0 Å². The van der Waals surface area contributed by atoms with E-state index in [1.54, 1.807) is 69.8 Å². The van der Waals surface area contributed by atoms with Crippen LogP contribution >= 0.6 is 0 Å². The molecule has 0 bridgehead atoms. The third-order valence-corrected chi connectivity index (χ3v) is 10.8. The largest absolute Gasteiger partial charge is 0.416 e. The molecule has 10 aromatic rings. The highest BCUT2D eigenvalue weighted by Crippen LogP contribution is 2.43. The Kier molecular flexibility index (Phi) is 8.36. The zero-order valence-corrected chi connectivity index (χ0v) is 31.1. The molecule has 0 unspecified atom stereocenters. The van der Waals surface area contributed by atoms with Crippen LogP contribution in [0.4, 0.5) is 26.3 Å². The van der Waals surface area contributed by atoms with E-state index in [1.807, 2.05) is 66.7 Å². The normalized spacial score (nSPS) is 12.2. The van der Waals surface area contributed by atoms with E-state index >= 15 is 0 Å². The zero-order chi connectivity index (χ0) is 41.3. The predicted octanol–water partition coefficient (Wildman–Crippen LogP) is 13.6. The lowest BCUT2D eigenvalue weighted by molar-refractivity contribution is -0.138. The summed E-state index contributed by atoms with van der Waals surface area (Å²) in [6.45, 7) is 0. The van der Waals surface area contributed by atoms with Gasteiger partial charge in [-0.05, 0) is 66.7 Å². The van der Waals surface area contributed by atoms with Crippen LogP contribution in [0.15, 0.2) is 164 Å². The Labute approximate surface area is 337 Å². The van der Waals surface area contributed by atoms with E-state index < -0.39 is 23.5 Å². The van der Waals surface area contributed by atoms with Gasteiger partial charge in [0.2, 0.25) is 0 Å². The van der Waals surface area contributed by atoms with E-state index in [4.69, 9.17) is 9.97 Å². The maximum atomic E-state index is 14.1. The average Bonchev–Trinajstić information content (AvgIpc) is 3.78. The van der Waals surface area contributed by atoms with Crippen molar-refractivity contribution < 1.29 is 26.3 Å². The maximum Gasteiger partial charge on any atom is 0.416 e. The smallest absolute Gasteiger partial charge is 0.308 e. The summed E-state index contributed by atoms with van der Waals surface area (Å²) < 4.78 is 88.4. The van der Waals surface area contributed by atoms with Crippen molar-refractivity contribution in [3.05, 3.63) is 180 Å². The molecule has 0 saturated heterocycles. The molecule has 0 radical (unpaired) electrons. The SMILES string of the molecule is N#Cc1c(-n2c3ccccc3c3cc(C(F)(F)F)ccc32)cc(-c2cc(-c3ccccc3)nc(-c3ccccc3)n2)cc1-n1c2ccccc2c2cc(C(F)(F)F)ccc21. The van der Waals surface area contributed by atoms with Crippen molar-refractivity contribution in [1.29, 1.82) is 5.26 Å². The Hall–Kier alpha value is -7.71. The van der Waals surface area contributed by atoms with Gasteiger partial charge in [-0.1, -0.05) is 97.1 Å². The van der Waals surface area contributed by atoms with Crippen molar-refractivity contribution in [2.24, 2.45) is 0 Å². The highest BCUT2D eigenvalue weighted by Gasteiger charge is 2.33. The van der Waals surface area contributed by atoms with E-state index in [2.05, 4.69) is 6.07 Å². The van der Waals surface area contributed by atoms with Crippen LogP contribution in [0.25, 0.3) is 88.9 Å². The van der Waals surface area contributed by atoms with Gasteiger partial charge in [0.1, 0.15) is 11.6 Å². The highest BCUT2D eigenvalue weighted by atomic mass is 19.4. The minimum Gasteiger partial charge on any atom is -0.308 e. The van der Waals surface area contributed by atoms with Gasteiger partial charge >= 0.3 is 12.4 Å². The van der Waals surface area contributed by atoms with Crippen molar-refractivity contribution in [3.8, 4) is 51.3 Å². The molecule has 0 saturated carbocycles. The van der Waals surface area contributed by atoms with Crippen LogP contribution in [0.5, 0.6) is 0 Å². The lowest BCUT2D eigenvalue weighted by Crippen LogP contribution is -2.07. The van der Waals surface area contributed by atoms with Crippen molar-refractivity contribution in [2.45, 2.75) is 12.4 Å². The zero-order valence-electron chi connectivity index (χ0n) is 31.1. The minimum absolute atomic E-state index is 0.129. The number of alkyl halides is 6. The molecule has 60 heavy (non-hydrogen) atoms. The van der Waals surface area contributed by atoms with Gasteiger partial charge in [0.05, 0.1) is 56.0 Å². The van der Waals surface area contributed by atoms with Gasteiger partial charge in [0.25, 0.3) is 0 Å². The van der Waals surface area contributed by atoms with E-state index in [1.165, 1.54) is 12.1 Å². The van der Waals surface area contributed by atoms with Crippen LogP contribution < -0.4 is 0 Å². The molecule has 10 rings (SSSR count).